The molecule has 1 rings (SSSR count). The van der Waals surface area contributed by atoms with Gasteiger partial charge in [-0.1, -0.05) is 12.1 Å². The molecule has 0 aliphatic carbocycles. The summed E-state index contributed by atoms with van der Waals surface area (Å²) < 4.78 is 11.0. The van der Waals surface area contributed by atoms with Gasteiger partial charge in [0.05, 0.1) is 5.56 Å². The Hall–Kier alpha value is -1.89. The second-order valence-corrected chi connectivity index (χ2v) is 6.27. The number of urea groups is 1. The number of carboxylic acid groups (broad SMARTS) is 1. The van der Waals surface area contributed by atoms with Crippen LogP contribution in [0.15, 0.2) is 24.3 Å². The van der Waals surface area contributed by atoms with Crippen LogP contribution in [0.1, 0.15) is 22.8 Å². The van der Waals surface area contributed by atoms with Gasteiger partial charge in [0.2, 0.25) is 0 Å². The highest BCUT2D eigenvalue weighted by Gasteiger charge is 2.08. The first kappa shape index (κ1) is 17.2. The van der Waals surface area contributed by atoms with E-state index in [1.165, 1.54) is 12.1 Å². The van der Waals surface area contributed by atoms with Gasteiger partial charge in [0.1, 0.15) is 0 Å². The molecule has 1 aromatic rings. The van der Waals surface area contributed by atoms with E-state index in [1.54, 1.807) is 25.3 Å². The van der Waals surface area contributed by atoms with Crippen molar-refractivity contribution < 1.29 is 18.9 Å². The second kappa shape index (κ2) is 8.41. The van der Waals surface area contributed by atoms with Crippen molar-refractivity contribution in [1.29, 1.82) is 0 Å². The van der Waals surface area contributed by atoms with Gasteiger partial charge < -0.3 is 15.7 Å². The minimum absolute atomic E-state index is 0.148. The van der Waals surface area contributed by atoms with E-state index in [4.69, 9.17) is 5.11 Å². The summed E-state index contributed by atoms with van der Waals surface area (Å²) in [7, 11) is -0.944. The van der Waals surface area contributed by atoms with Crippen LogP contribution in [0.25, 0.3) is 0 Å². The normalized spacial score (nSPS) is 13.2. The highest BCUT2D eigenvalue weighted by atomic mass is 32.2. The summed E-state index contributed by atoms with van der Waals surface area (Å²) in [5, 5.41) is 14.2. The summed E-state index contributed by atoms with van der Waals surface area (Å²) in [6.07, 6.45) is 2.21. The Morgan fingerprint density at radius 2 is 1.90 bits per heavy atom. The minimum Gasteiger partial charge on any atom is -0.478 e. The van der Waals surface area contributed by atoms with E-state index in [1.807, 2.05) is 0 Å². The third-order valence-electron chi connectivity index (χ3n) is 2.76. The summed E-state index contributed by atoms with van der Waals surface area (Å²) >= 11 is 0. The molecule has 7 heteroatoms. The fourth-order valence-corrected chi connectivity index (χ4v) is 2.59. The van der Waals surface area contributed by atoms with E-state index in [-0.39, 0.29) is 17.6 Å². The molecule has 0 saturated carbocycles. The molecule has 0 aliphatic rings. The number of nitrogens with one attached hydrogen (secondary N) is 2. The van der Waals surface area contributed by atoms with Crippen molar-refractivity contribution in [3.8, 4) is 0 Å². The number of carboxylic acids is 1. The first-order valence-corrected chi connectivity index (χ1v) is 8.28. The molecule has 2 amide bonds. The quantitative estimate of drug-likeness (QED) is 0.700. The molecular weight excluding hydrogens is 292 g/mol. The van der Waals surface area contributed by atoms with Crippen LogP contribution in [-0.4, -0.2) is 45.9 Å². The number of hydrogen-bond acceptors (Lipinski definition) is 3. The number of carbonyl (C=O) groups is 2. The summed E-state index contributed by atoms with van der Waals surface area (Å²) in [4.78, 5) is 22.3. The van der Waals surface area contributed by atoms with Crippen LogP contribution in [0.3, 0.4) is 0 Å². The average molecular weight is 312 g/mol. The molecule has 0 bridgehead atoms. The van der Waals surface area contributed by atoms with E-state index in [9.17, 15) is 13.8 Å². The van der Waals surface area contributed by atoms with Gasteiger partial charge in [-0.2, -0.15) is 0 Å². The number of amides is 2. The summed E-state index contributed by atoms with van der Waals surface area (Å²) in [5.41, 5.74) is 1.19. The fraction of sp³-hybridized carbons (Fsp3) is 0.429. The number of aromatic carboxylic acids is 1. The van der Waals surface area contributed by atoms with E-state index >= 15 is 0 Å². The number of carbonyl (C=O) groups excluding carboxylic acids is 1. The first-order chi connectivity index (χ1) is 9.88. The third kappa shape index (κ3) is 6.89. The molecule has 0 aliphatic heterocycles. The first-order valence-electron chi connectivity index (χ1n) is 6.55. The Kier molecular flexibility index (Phi) is 6.87. The maximum absolute atomic E-state index is 11.6. The Morgan fingerprint density at radius 1 is 1.29 bits per heavy atom. The maximum atomic E-state index is 11.6. The smallest absolute Gasteiger partial charge is 0.335 e. The molecule has 0 fully saturated rings. The lowest BCUT2D eigenvalue weighted by molar-refractivity contribution is 0.0697. The maximum Gasteiger partial charge on any atom is 0.335 e. The topological polar surface area (TPSA) is 95.5 Å². The molecule has 0 radical (unpaired) electrons. The van der Waals surface area contributed by atoms with E-state index in [0.29, 0.717) is 18.7 Å². The van der Waals surface area contributed by atoms with Crippen molar-refractivity contribution in [2.75, 3.05) is 18.6 Å². The van der Waals surface area contributed by atoms with Crippen LogP contribution in [0, 0.1) is 0 Å². The van der Waals surface area contributed by atoms with Crippen LogP contribution in [0.5, 0.6) is 0 Å². The van der Waals surface area contributed by atoms with Gasteiger partial charge in [0, 0.05) is 35.4 Å². The lowest BCUT2D eigenvalue weighted by Gasteiger charge is -2.13. The Balaban J connectivity index is 2.31. The fourth-order valence-electron chi connectivity index (χ4n) is 1.80. The molecule has 3 N–H and O–H groups in total. The predicted octanol–water partition coefficient (Wildman–Crippen LogP) is 0.993. The van der Waals surface area contributed by atoms with Crippen molar-refractivity contribution in [3.05, 3.63) is 35.4 Å². The van der Waals surface area contributed by atoms with Gasteiger partial charge >= 0.3 is 12.0 Å². The number of benzene rings is 1. The Labute approximate surface area is 126 Å². The lowest BCUT2D eigenvalue weighted by Crippen LogP contribution is -2.43. The van der Waals surface area contributed by atoms with Crippen LogP contribution < -0.4 is 10.6 Å². The van der Waals surface area contributed by atoms with Gasteiger partial charge in [-0.15, -0.1) is 0 Å². The van der Waals surface area contributed by atoms with E-state index in [0.717, 1.165) is 5.56 Å². The molecule has 1 aromatic carbocycles. The van der Waals surface area contributed by atoms with Crippen LogP contribution in [0.4, 0.5) is 4.79 Å². The van der Waals surface area contributed by atoms with Crippen LogP contribution in [-0.2, 0) is 17.2 Å². The summed E-state index contributed by atoms with van der Waals surface area (Å²) in [6.45, 7) is 2.24. The van der Waals surface area contributed by atoms with Gasteiger partial charge in [0.25, 0.3) is 0 Å². The van der Waals surface area contributed by atoms with Crippen LogP contribution in [0.2, 0.25) is 0 Å². The minimum atomic E-state index is -0.957. The van der Waals surface area contributed by atoms with Crippen molar-refractivity contribution in [1.82, 2.24) is 10.6 Å². The van der Waals surface area contributed by atoms with Crippen molar-refractivity contribution >= 4 is 22.8 Å². The second-order valence-electron chi connectivity index (χ2n) is 4.79. The largest absolute Gasteiger partial charge is 0.478 e. The molecule has 6 nitrogen and oxygen atoms in total. The van der Waals surface area contributed by atoms with Gasteiger partial charge in [0.15, 0.2) is 0 Å². The molecule has 2 unspecified atom stereocenters. The zero-order valence-corrected chi connectivity index (χ0v) is 12.9. The van der Waals surface area contributed by atoms with E-state index < -0.39 is 16.8 Å². The molecule has 0 heterocycles. The van der Waals surface area contributed by atoms with E-state index in [2.05, 4.69) is 10.6 Å². The molecular formula is C14H20N2O4S. The molecule has 116 valence electrons. The van der Waals surface area contributed by atoms with Crippen molar-refractivity contribution in [3.63, 3.8) is 0 Å². The van der Waals surface area contributed by atoms with Crippen LogP contribution >= 0.6 is 0 Å². The lowest BCUT2D eigenvalue weighted by atomic mass is 10.1. The number of hydrogen-bond donors (Lipinski definition) is 3. The van der Waals surface area contributed by atoms with Crippen molar-refractivity contribution in [2.24, 2.45) is 0 Å². The number of rotatable bonds is 7. The van der Waals surface area contributed by atoms with Gasteiger partial charge in [-0.25, -0.2) is 9.59 Å². The SMILES string of the molecule is CC(CS(C)=O)NC(=O)NCCc1ccc(C(=O)O)cc1. The Morgan fingerprint density at radius 3 is 2.43 bits per heavy atom. The zero-order chi connectivity index (χ0) is 15.8. The van der Waals surface area contributed by atoms with Gasteiger partial charge in [-0.3, -0.25) is 4.21 Å². The Bertz CT molecular complexity index is 516. The average Bonchev–Trinajstić information content (AvgIpc) is 2.38. The predicted molar refractivity (Wildman–Crippen MR) is 82.0 cm³/mol. The summed E-state index contributed by atoms with van der Waals surface area (Å²) in [5.74, 6) is -0.536. The third-order valence-corrected chi connectivity index (χ3v) is 3.73. The molecule has 0 saturated heterocycles. The monoisotopic (exact) mass is 312 g/mol. The summed E-state index contributed by atoms with van der Waals surface area (Å²) in [6, 6.07) is 6.09. The zero-order valence-electron chi connectivity index (χ0n) is 12.1. The standard InChI is InChI=1S/C14H20N2O4S/c1-10(9-21(2)20)16-14(19)15-8-7-11-3-5-12(6-4-11)13(17)18/h3-6,10H,7-9H2,1-2H3,(H,17,18)(H2,15,16,19). The highest BCUT2D eigenvalue weighted by Crippen LogP contribution is 2.04. The molecule has 2 atom stereocenters. The molecule has 0 spiro atoms. The van der Waals surface area contributed by atoms with Gasteiger partial charge in [-0.05, 0) is 31.0 Å². The van der Waals surface area contributed by atoms with Crippen molar-refractivity contribution in [2.45, 2.75) is 19.4 Å². The molecule has 21 heavy (non-hydrogen) atoms. The highest BCUT2D eigenvalue weighted by molar-refractivity contribution is 7.84. The molecule has 0 aromatic heterocycles.